The Morgan fingerprint density at radius 3 is 1.97 bits per heavy atom. The Hall–Kier alpha value is -3.60. The first-order valence-corrected chi connectivity index (χ1v) is 10.4. The Morgan fingerprint density at radius 1 is 0.806 bits per heavy atom. The molecule has 0 fully saturated rings. The zero-order valence-electron chi connectivity index (χ0n) is 17.9. The van der Waals surface area contributed by atoms with Gasteiger partial charge in [-0.3, -0.25) is 9.59 Å². The second-order valence-electron chi connectivity index (χ2n) is 7.45. The van der Waals surface area contributed by atoms with Crippen molar-refractivity contribution in [2.45, 2.75) is 19.8 Å². The predicted molar refractivity (Wildman–Crippen MR) is 122 cm³/mol. The van der Waals surface area contributed by atoms with E-state index in [-0.39, 0.29) is 18.4 Å². The molecule has 160 valence electrons. The van der Waals surface area contributed by atoms with E-state index in [1.165, 1.54) is 0 Å². The van der Waals surface area contributed by atoms with E-state index in [0.29, 0.717) is 18.8 Å². The quantitative estimate of drug-likeness (QED) is 0.522. The molecule has 5 heteroatoms. The molecule has 3 aromatic carbocycles. The molecular weight excluding hydrogens is 388 g/mol. The fourth-order valence-electron chi connectivity index (χ4n) is 3.43. The lowest BCUT2D eigenvalue weighted by Gasteiger charge is -2.18. The summed E-state index contributed by atoms with van der Waals surface area (Å²) in [4.78, 5) is 25.0. The van der Waals surface area contributed by atoms with E-state index in [4.69, 9.17) is 4.74 Å². The van der Waals surface area contributed by atoms with Gasteiger partial charge < -0.3 is 15.4 Å². The van der Waals surface area contributed by atoms with Crippen molar-refractivity contribution in [3.8, 4) is 5.75 Å². The number of hydrogen-bond donors (Lipinski definition) is 2. The van der Waals surface area contributed by atoms with Crippen molar-refractivity contribution in [1.29, 1.82) is 0 Å². The fourth-order valence-corrected chi connectivity index (χ4v) is 3.43. The molecule has 0 aliphatic carbocycles. The molecule has 0 spiro atoms. The van der Waals surface area contributed by atoms with Crippen LogP contribution in [0.15, 0.2) is 78.9 Å². The van der Waals surface area contributed by atoms with E-state index >= 15 is 0 Å². The standard InChI is InChI=1S/C26H28N2O3/c1-19-13-14-23(20(2)17-19)31-18-24(29)27-15-16-28-26(30)25(21-9-5-3-6-10-21)22-11-7-4-8-12-22/h3-14,17,25H,15-16,18H2,1-2H3,(H,27,29)(H,28,30). The number of hydrogen-bond acceptors (Lipinski definition) is 3. The van der Waals surface area contributed by atoms with Gasteiger partial charge in [-0.15, -0.1) is 0 Å². The van der Waals surface area contributed by atoms with Crippen molar-refractivity contribution in [2.24, 2.45) is 0 Å². The Bertz CT molecular complexity index is 964. The Kier molecular flexibility index (Phi) is 7.82. The van der Waals surface area contributed by atoms with Crippen LogP contribution in [0.5, 0.6) is 5.75 Å². The van der Waals surface area contributed by atoms with Crippen molar-refractivity contribution in [3.05, 3.63) is 101 Å². The van der Waals surface area contributed by atoms with Gasteiger partial charge in [-0.2, -0.15) is 0 Å². The number of rotatable bonds is 9. The summed E-state index contributed by atoms with van der Waals surface area (Å²) in [5, 5.41) is 5.71. The Labute approximate surface area is 183 Å². The van der Waals surface area contributed by atoms with E-state index in [0.717, 1.165) is 22.3 Å². The molecular formula is C26H28N2O3. The van der Waals surface area contributed by atoms with Crippen LogP contribution in [0.4, 0.5) is 0 Å². The third-order valence-corrected chi connectivity index (χ3v) is 4.96. The van der Waals surface area contributed by atoms with Crippen molar-refractivity contribution in [3.63, 3.8) is 0 Å². The molecule has 0 aliphatic rings. The lowest BCUT2D eigenvalue weighted by Crippen LogP contribution is -2.38. The van der Waals surface area contributed by atoms with Gasteiger partial charge in [-0.1, -0.05) is 78.4 Å². The molecule has 0 aliphatic heterocycles. The average molecular weight is 417 g/mol. The van der Waals surface area contributed by atoms with Crippen LogP contribution in [0.1, 0.15) is 28.2 Å². The number of aryl methyl sites for hydroxylation is 2. The number of benzene rings is 3. The summed E-state index contributed by atoms with van der Waals surface area (Å²) in [5.74, 6) is -0.0244. The monoisotopic (exact) mass is 416 g/mol. The molecule has 0 unspecified atom stereocenters. The van der Waals surface area contributed by atoms with Crippen LogP contribution in [0.25, 0.3) is 0 Å². The van der Waals surface area contributed by atoms with Crippen LogP contribution in [-0.2, 0) is 9.59 Å². The lowest BCUT2D eigenvalue weighted by atomic mass is 9.90. The molecule has 0 atom stereocenters. The van der Waals surface area contributed by atoms with Crippen molar-refractivity contribution in [1.82, 2.24) is 10.6 Å². The summed E-state index contributed by atoms with van der Waals surface area (Å²) in [6.45, 7) is 4.57. The van der Waals surface area contributed by atoms with E-state index < -0.39 is 5.92 Å². The molecule has 3 aromatic rings. The molecule has 2 N–H and O–H groups in total. The molecule has 3 rings (SSSR count). The second kappa shape index (κ2) is 11.0. The van der Waals surface area contributed by atoms with Crippen molar-refractivity contribution < 1.29 is 14.3 Å². The molecule has 2 amide bonds. The van der Waals surface area contributed by atoms with Gasteiger partial charge in [-0.25, -0.2) is 0 Å². The van der Waals surface area contributed by atoms with Crippen LogP contribution in [-0.4, -0.2) is 31.5 Å². The first kappa shape index (κ1) is 22.1. The topological polar surface area (TPSA) is 67.4 Å². The highest BCUT2D eigenvalue weighted by atomic mass is 16.5. The zero-order valence-corrected chi connectivity index (χ0v) is 17.9. The number of ether oxygens (including phenoxy) is 1. The molecule has 0 radical (unpaired) electrons. The number of carbonyl (C=O) groups excluding carboxylic acids is 2. The van der Waals surface area contributed by atoms with Gasteiger partial charge in [-0.05, 0) is 36.6 Å². The maximum absolute atomic E-state index is 12.9. The maximum atomic E-state index is 12.9. The molecule has 0 heterocycles. The molecule has 0 saturated heterocycles. The van der Waals surface area contributed by atoms with Gasteiger partial charge in [0.15, 0.2) is 6.61 Å². The predicted octanol–water partition coefficient (Wildman–Crippen LogP) is 3.75. The summed E-state index contributed by atoms with van der Waals surface area (Å²) >= 11 is 0. The average Bonchev–Trinajstić information content (AvgIpc) is 2.78. The number of amides is 2. The van der Waals surface area contributed by atoms with Gasteiger partial charge in [0.2, 0.25) is 5.91 Å². The lowest BCUT2D eigenvalue weighted by molar-refractivity contribution is -0.124. The highest BCUT2D eigenvalue weighted by Gasteiger charge is 2.22. The van der Waals surface area contributed by atoms with Crippen LogP contribution in [0.2, 0.25) is 0 Å². The van der Waals surface area contributed by atoms with E-state index in [1.54, 1.807) is 0 Å². The van der Waals surface area contributed by atoms with Crippen LogP contribution < -0.4 is 15.4 Å². The minimum atomic E-state index is -0.397. The normalized spacial score (nSPS) is 10.5. The van der Waals surface area contributed by atoms with Gasteiger partial charge in [0.25, 0.3) is 5.91 Å². The van der Waals surface area contributed by atoms with Gasteiger partial charge in [0.05, 0.1) is 5.92 Å². The Balaban J connectivity index is 1.48. The van der Waals surface area contributed by atoms with Crippen LogP contribution >= 0.6 is 0 Å². The molecule has 5 nitrogen and oxygen atoms in total. The molecule has 31 heavy (non-hydrogen) atoms. The van der Waals surface area contributed by atoms with Gasteiger partial charge in [0, 0.05) is 13.1 Å². The highest BCUT2D eigenvalue weighted by molar-refractivity contribution is 5.87. The third-order valence-electron chi connectivity index (χ3n) is 4.96. The van der Waals surface area contributed by atoms with E-state index in [9.17, 15) is 9.59 Å². The highest BCUT2D eigenvalue weighted by Crippen LogP contribution is 2.24. The minimum Gasteiger partial charge on any atom is -0.484 e. The van der Waals surface area contributed by atoms with Gasteiger partial charge in [0.1, 0.15) is 5.75 Å². The van der Waals surface area contributed by atoms with Crippen LogP contribution in [0.3, 0.4) is 0 Å². The minimum absolute atomic E-state index is 0.0610. The largest absolute Gasteiger partial charge is 0.484 e. The van der Waals surface area contributed by atoms with E-state index in [2.05, 4.69) is 10.6 Å². The first-order valence-electron chi connectivity index (χ1n) is 10.4. The summed E-state index contributed by atoms with van der Waals surface area (Å²) in [6, 6.07) is 25.2. The van der Waals surface area contributed by atoms with Crippen molar-refractivity contribution >= 4 is 11.8 Å². The SMILES string of the molecule is Cc1ccc(OCC(=O)NCCNC(=O)C(c2ccccc2)c2ccccc2)c(C)c1. The summed E-state index contributed by atoms with van der Waals surface area (Å²) in [5.41, 5.74) is 4.00. The smallest absolute Gasteiger partial charge is 0.258 e. The molecule has 0 aromatic heterocycles. The summed E-state index contributed by atoms with van der Waals surface area (Å²) < 4.78 is 5.59. The van der Waals surface area contributed by atoms with Gasteiger partial charge >= 0.3 is 0 Å². The fraction of sp³-hybridized carbons (Fsp3) is 0.231. The molecule has 0 bridgehead atoms. The Morgan fingerprint density at radius 2 is 1.39 bits per heavy atom. The first-order chi connectivity index (χ1) is 15.0. The van der Waals surface area contributed by atoms with Crippen LogP contribution in [0, 0.1) is 13.8 Å². The molecule has 0 saturated carbocycles. The summed E-state index contributed by atoms with van der Waals surface area (Å²) in [7, 11) is 0. The number of nitrogens with one attached hydrogen (secondary N) is 2. The second-order valence-corrected chi connectivity index (χ2v) is 7.45. The zero-order chi connectivity index (χ0) is 22.1. The summed E-state index contributed by atoms with van der Waals surface area (Å²) in [6.07, 6.45) is 0. The maximum Gasteiger partial charge on any atom is 0.258 e. The van der Waals surface area contributed by atoms with E-state index in [1.807, 2.05) is 92.7 Å². The third kappa shape index (κ3) is 6.44. The number of carbonyl (C=O) groups is 2. The van der Waals surface area contributed by atoms with Crippen molar-refractivity contribution in [2.75, 3.05) is 19.7 Å².